The molecule has 4 amide bonds. The summed E-state index contributed by atoms with van der Waals surface area (Å²) in [7, 11) is 0. The maximum absolute atomic E-state index is 13.3. The molecule has 1 saturated carbocycles. The average molecular weight is 471 g/mol. The first-order valence-corrected chi connectivity index (χ1v) is 11.9. The Morgan fingerprint density at radius 2 is 2.06 bits per heavy atom. The van der Waals surface area contributed by atoms with Gasteiger partial charge < -0.3 is 10.1 Å². The second kappa shape index (κ2) is 10.1. The summed E-state index contributed by atoms with van der Waals surface area (Å²) in [5.74, 6) is -1.25. The van der Waals surface area contributed by atoms with E-state index < -0.39 is 18.1 Å². The van der Waals surface area contributed by atoms with Gasteiger partial charge in [0.2, 0.25) is 5.91 Å². The molecule has 9 nitrogen and oxygen atoms in total. The molecule has 0 radical (unpaired) electrons. The summed E-state index contributed by atoms with van der Waals surface area (Å²) in [5, 5.41) is 4.91. The molecule has 1 aromatic carbocycles. The second-order valence-corrected chi connectivity index (χ2v) is 9.07. The lowest BCUT2D eigenvalue weighted by atomic mass is 9.94. The lowest BCUT2D eigenvalue weighted by molar-refractivity contribution is -0.127. The molecule has 0 spiro atoms. The monoisotopic (exact) mass is 470 g/mol. The number of ether oxygens (including phenoxy) is 1. The largest absolute Gasteiger partial charge is 0.449 e. The van der Waals surface area contributed by atoms with Crippen molar-refractivity contribution in [1.29, 1.82) is 0 Å². The number of esters is 1. The van der Waals surface area contributed by atoms with E-state index in [1.54, 1.807) is 42.3 Å². The van der Waals surface area contributed by atoms with E-state index in [4.69, 9.17) is 4.74 Å². The van der Waals surface area contributed by atoms with Gasteiger partial charge in [-0.25, -0.2) is 14.6 Å². The van der Waals surface area contributed by atoms with Crippen LogP contribution in [-0.4, -0.2) is 52.4 Å². The van der Waals surface area contributed by atoms with E-state index in [-0.39, 0.29) is 36.5 Å². The average Bonchev–Trinajstić information content (AvgIpc) is 3.46. The van der Waals surface area contributed by atoms with Gasteiger partial charge in [0.25, 0.3) is 5.91 Å². The molecule has 2 heterocycles. The van der Waals surface area contributed by atoms with Crippen LogP contribution in [0.25, 0.3) is 0 Å². The standard InChI is InChI=1S/C23H26N4O5S/c1-15(20(29)27(23-24-10-11-33-23)18-8-3-2-4-9-18)32-21(30)17-7-5-6-16(12-17)14-26-19(28)13-25-22(26)31/h5-7,10-12,15,18H,2-4,8-9,13-14H2,1H3,(H,25,31). The van der Waals surface area contributed by atoms with Gasteiger partial charge in [0.15, 0.2) is 11.2 Å². The Bertz CT molecular complexity index is 1020. The number of amides is 4. The molecule has 33 heavy (non-hydrogen) atoms. The summed E-state index contributed by atoms with van der Waals surface area (Å²) in [5.41, 5.74) is 0.859. The number of carbonyl (C=O) groups excluding carboxylic acids is 4. The zero-order valence-electron chi connectivity index (χ0n) is 18.4. The van der Waals surface area contributed by atoms with Crippen molar-refractivity contribution in [3.05, 3.63) is 47.0 Å². The van der Waals surface area contributed by atoms with Crippen molar-refractivity contribution in [2.24, 2.45) is 0 Å². The van der Waals surface area contributed by atoms with Crippen molar-refractivity contribution in [2.45, 2.75) is 57.7 Å². The SMILES string of the molecule is CC(OC(=O)c1cccc(CN2C(=O)CNC2=O)c1)C(=O)N(c1nccs1)C1CCCCC1. The zero-order valence-corrected chi connectivity index (χ0v) is 19.2. The smallest absolute Gasteiger partial charge is 0.338 e. The van der Waals surface area contributed by atoms with Gasteiger partial charge in [-0.2, -0.15) is 0 Å². The molecule has 2 aromatic rings. The van der Waals surface area contributed by atoms with Gasteiger partial charge >= 0.3 is 12.0 Å². The number of hydrogen-bond acceptors (Lipinski definition) is 7. The molecule has 2 fully saturated rings. The van der Waals surface area contributed by atoms with Crippen LogP contribution in [0, 0.1) is 0 Å². The lowest BCUT2D eigenvalue weighted by Crippen LogP contribution is -2.47. The molecule has 1 aromatic heterocycles. The fraction of sp³-hybridized carbons (Fsp3) is 0.435. The zero-order chi connectivity index (χ0) is 23.4. The minimum Gasteiger partial charge on any atom is -0.449 e. The summed E-state index contributed by atoms with van der Waals surface area (Å²) in [6.07, 6.45) is 5.74. The summed E-state index contributed by atoms with van der Waals surface area (Å²) in [4.78, 5) is 56.8. The quantitative estimate of drug-likeness (QED) is 0.492. The van der Waals surface area contributed by atoms with Crippen LogP contribution >= 0.6 is 11.3 Å². The van der Waals surface area contributed by atoms with Crippen molar-refractivity contribution in [3.8, 4) is 0 Å². The van der Waals surface area contributed by atoms with E-state index in [0.717, 1.165) is 37.0 Å². The number of carbonyl (C=O) groups is 4. The topological polar surface area (TPSA) is 109 Å². The van der Waals surface area contributed by atoms with Gasteiger partial charge in [-0.1, -0.05) is 31.4 Å². The number of hydrogen-bond donors (Lipinski definition) is 1. The molecular formula is C23H26N4O5S. The van der Waals surface area contributed by atoms with Crippen molar-refractivity contribution < 1.29 is 23.9 Å². The number of nitrogens with one attached hydrogen (secondary N) is 1. The number of nitrogens with zero attached hydrogens (tertiary/aromatic N) is 3. The van der Waals surface area contributed by atoms with Gasteiger partial charge in [0.1, 0.15) is 0 Å². The van der Waals surface area contributed by atoms with Crippen molar-refractivity contribution in [1.82, 2.24) is 15.2 Å². The highest BCUT2D eigenvalue weighted by molar-refractivity contribution is 7.13. The molecule has 4 rings (SSSR count). The molecule has 1 atom stereocenters. The van der Waals surface area contributed by atoms with Crippen molar-refractivity contribution >= 4 is 40.3 Å². The number of rotatable bonds is 7. The van der Waals surface area contributed by atoms with E-state index >= 15 is 0 Å². The predicted molar refractivity (Wildman–Crippen MR) is 122 cm³/mol. The van der Waals surface area contributed by atoms with Gasteiger partial charge in [-0.05, 0) is 37.5 Å². The number of aromatic nitrogens is 1. The Kier molecular flexibility index (Phi) is 7.02. The summed E-state index contributed by atoms with van der Waals surface area (Å²) in [6.45, 7) is 1.59. The maximum Gasteiger partial charge on any atom is 0.338 e. The number of imide groups is 1. The minimum atomic E-state index is -0.988. The van der Waals surface area contributed by atoms with Gasteiger partial charge in [-0.3, -0.25) is 19.4 Å². The van der Waals surface area contributed by atoms with Crippen LogP contribution in [0.1, 0.15) is 54.9 Å². The molecule has 1 N–H and O–H groups in total. The lowest BCUT2D eigenvalue weighted by Gasteiger charge is -2.33. The van der Waals surface area contributed by atoms with Gasteiger partial charge in [0.05, 0.1) is 18.7 Å². The molecule has 1 aliphatic carbocycles. The fourth-order valence-corrected chi connectivity index (χ4v) is 4.89. The molecular weight excluding hydrogens is 444 g/mol. The Balaban J connectivity index is 1.44. The van der Waals surface area contributed by atoms with E-state index in [1.807, 2.05) is 5.38 Å². The van der Waals surface area contributed by atoms with E-state index in [0.29, 0.717) is 10.7 Å². The first-order valence-electron chi connectivity index (χ1n) is 11.0. The van der Waals surface area contributed by atoms with Crippen LogP contribution in [0.2, 0.25) is 0 Å². The molecule has 1 unspecified atom stereocenters. The van der Waals surface area contributed by atoms with E-state index in [9.17, 15) is 19.2 Å². The second-order valence-electron chi connectivity index (χ2n) is 8.20. The Labute approximate surface area is 195 Å². The third kappa shape index (κ3) is 5.22. The summed E-state index contributed by atoms with van der Waals surface area (Å²) in [6, 6.07) is 6.11. The molecule has 1 aliphatic heterocycles. The molecule has 2 aliphatic rings. The van der Waals surface area contributed by atoms with E-state index in [2.05, 4.69) is 10.3 Å². The van der Waals surface area contributed by atoms with Gasteiger partial charge in [-0.15, -0.1) is 11.3 Å². The minimum absolute atomic E-state index is 0.0310. The van der Waals surface area contributed by atoms with Crippen LogP contribution in [0.15, 0.2) is 35.8 Å². The normalized spacial score (nSPS) is 17.5. The third-order valence-corrected chi connectivity index (χ3v) is 6.65. The van der Waals surface area contributed by atoms with Crippen molar-refractivity contribution in [2.75, 3.05) is 11.4 Å². The molecule has 174 valence electrons. The first kappa shape index (κ1) is 22.9. The highest BCUT2D eigenvalue weighted by Gasteiger charge is 2.33. The predicted octanol–water partition coefficient (Wildman–Crippen LogP) is 3.11. The molecule has 1 saturated heterocycles. The fourth-order valence-electron chi connectivity index (χ4n) is 4.17. The van der Waals surface area contributed by atoms with Crippen LogP contribution in [0.4, 0.5) is 9.93 Å². The maximum atomic E-state index is 13.3. The Hall–Kier alpha value is -3.27. The first-order chi connectivity index (χ1) is 15.9. The summed E-state index contributed by atoms with van der Waals surface area (Å²) < 4.78 is 5.52. The van der Waals surface area contributed by atoms with Crippen LogP contribution in [-0.2, 0) is 20.9 Å². The number of benzene rings is 1. The number of urea groups is 1. The summed E-state index contributed by atoms with van der Waals surface area (Å²) >= 11 is 1.39. The Morgan fingerprint density at radius 1 is 1.27 bits per heavy atom. The van der Waals surface area contributed by atoms with Gasteiger partial charge in [0, 0.05) is 17.6 Å². The van der Waals surface area contributed by atoms with Crippen LogP contribution in [0.3, 0.4) is 0 Å². The third-order valence-electron chi connectivity index (χ3n) is 5.87. The van der Waals surface area contributed by atoms with Crippen LogP contribution < -0.4 is 10.2 Å². The van der Waals surface area contributed by atoms with Crippen molar-refractivity contribution in [3.63, 3.8) is 0 Å². The Morgan fingerprint density at radius 3 is 2.73 bits per heavy atom. The highest BCUT2D eigenvalue weighted by Crippen LogP contribution is 2.29. The number of anilines is 1. The van der Waals surface area contributed by atoms with E-state index in [1.165, 1.54) is 11.3 Å². The van der Waals surface area contributed by atoms with Crippen LogP contribution in [0.5, 0.6) is 0 Å². The highest BCUT2D eigenvalue weighted by atomic mass is 32.1. The molecule has 0 bridgehead atoms. The molecule has 10 heteroatoms. The number of thiazole rings is 1.